The van der Waals surface area contributed by atoms with Crippen molar-refractivity contribution in [2.45, 2.75) is 43.8 Å². The van der Waals surface area contributed by atoms with Crippen molar-refractivity contribution in [2.75, 3.05) is 17.2 Å². The fourth-order valence-corrected chi connectivity index (χ4v) is 3.02. The van der Waals surface area contributed by atoms with E-state index in [-0.39, 0.29) is 23.8 Å². The van der Waals surface area contributed by atoms with Gasteiger partial charge in [0.1, 0.15) is 11.4 Å². The molecule has 7 nitrogen and oxygen atoms in total. The fraction of sp³-hybridized carbons (Fsp3) is 0.529. The maximum atomic E-state index is 13.1. The van der Waals surface area contributed by atoms with Crippen LogP contribution in [0.2, 0.25) is 0 Å². The number of rotatable bonds is 7. The van der Waals surface area contributed by atoms with Gasteiger partial charge in [0.15, 0.2) is 0 Å². The van der Waals surface area contributed by atoms with Crippen LogP contribution in [-0.4, -0.2) is 32.7 Å². The Balaban J connectivity index is 1.60. The van der Waals surface area contributed by atoms with Gasteiger partial charge in [0, 0.05) is 18.3 Å². The van der Waals surface area contributed by atoms with Gasteiger partial charge in [0.2, 0.25) is 5.95 Å². The Hall–Kier alpha value is -2.97. The number of halogens is 5. The average Bonchev–Trinajstić information content (AvgIpc) is 3.57. The molecule has 0 aromatic carbocycles. The van der Waals surface area contributed by atoms with Crippen LogP contribution < -0.4 is 10.6 Å². The van der Waals surface area contributed by atoms with Crippen molar-refractivity contribution in [1.82, 2.24) is 19.7 Å². The summed E-state index contributed by atoms with van der Waals surface area (Å²) in [6, 6.07) is 2.16. The highest BCUT2D eigenvalue weighted by atomic mass is 19.4. The summed E-state index contributed by atoms with van der Waals surface area (Å²) >= 11 is 0. The summed E-state index contributed by atoms with van der Waals surface area (Å²) in [5.41, 5.74) is 0.0477. The highest BCUT2D eigenvalue weighted by Crippen LogP contribution is 2.47. The second-order valence-corrected chi connectivity index (χ2v) is 7.07. The topological polar surface area (TPSA) is 91.5 Å². The van der Waals surface area contributed by atoms with E-state index in [1.165, 1.54) is 0 Å². The Morgan fingerprint density at radius 3 is 2.66 bits per heavy atom. The van der Waals surface area contributed by atoms with Crippen LogP contribution in [-0.2, 0) is 6.18 Å². The van der Waals surface area contributed by atoms with E-state index in [2.05, 4.69) is 26.5 Å². The minimum atomic E-state index is -4.79. The van der Waals surface area contributed by atoms with Gasteiger partial charge in [-0.15, -0.1) is 0 Å². The molecule has 0 saturated heterocycles. The first kappa shape index (κ1) is 19.4. The largest absolute Gasteiger partial charge is 0.421 e. The number of nitrogens with one attached hydrogen (secondary N) is 2. The summed E-state index contributed by atoms with van der Waals surface area (Å²) < 4.78 is 65.9. The lowest BCUT2D eigenvalue weighted by molar-refractivity contribution is -0.137. The second-order valence-electron chi connectivity index (χ2n) is 7.07. The van der Waals surface area contributed by atoms with Crippen molar-refractivity contribution in [2.24, 2.45) is 5.92 Å². The average molecular weight is 413 g/mol. The normalized spacial score (nSPS) is 21.1. The maximum Gasteiger partial charge on any atom is 0.421 e. The van der Waals surface area contributed by atoms with Crippen LogP contribution in [0.1, 0.15) is 42.5 Å². The Morgan fingerprint density at radius 2 is 2.07 bits per heavy atom. The third kappa shape index (κ3) is 4.23. The lowest BCUT2D eigenvalue weighted by Crippen LogP contribution is -2.18. The van der Waals surface area contributed by atoms with Gasteiger partial charge >= 0.3 is 6.18 Å². The molecule has 0 radical (unpaired) electrons. The monoisotopic (exact) mass is 413 g/mol. The fourth-order valence-electron chi connectivity index (χ4n) is 3.02. The minimum absolute atomic E-state index is 0.0233. The van der Waals surface area contributed by atoms with E-state index in [0.717, 1.165) is 18.5 Å². The zero-order chi connectivity index (χ0) is 20.8. The van der Waals surface area contributed by atoms with Gasteiger partial charge in [0.25, 0.3) is 6.43 Å². The number of hydrogen-bond donors (Lipinski definition) is 2. The van der Waals surface area contributed by atoms with E-state index >= 15 is 0 Å². The van der Waals surface area contributed by atoms with Gasteiger partial charge in [-0.05, 0) is 19.3 Å². The maximum absolute atomic E-state index is 13.1. The zero-order valence-electron chi connectivity index (χ0n) is 14.9. The molecule has 2 aromatic rings. The first-order chi connectivity index (χ1) is 13.8. The first-order valence-corrected chi connectivity index (χ1v) is 8.98. The molecule has 12 heteroatoms. The van der Waals surface area contributed by atoms with Crippen LogP contribution in [0.15, 0.2) is 12.4 Å². The third-order valence-electron chi connectivity index (χ3n) is 4.75. The number of anilines is 3. The van der Waals surface area contributed by atoms with E-state index in [9.17, 15) is 22.0 Å². The molecule has 2 aliphatic rings. The quantitative estimate of drug-likeness (QED) is 0.665. The highest BCUT2D eigenvalue weighted by Gasteiger charge is 2.41. The molecule has 0 bridgehead atoms. The van der Waals surface area contributed by atoms with Crippen molar-refractivity contribution in [3.63, 3.8) is 0 Å². The van der Waals surface area contributed by atoms with Crippen molar-refractivity contribution >= 4 is 17.5 Å². The van der Waals surface area contributed by atoms with Crippen LogP contribution in [0.4, 0.5) is 39.4 Å². The molecule has 2 saturated carbocycles. The molecule has 2 atom stereocenters. The summed E-state index contributed by atoms with van der Waals surface area (Å²) in [5, 5.41) is 18.4. The molecule has 29 heavy (non-hydrogen) atoms. The van der Waals surface area contributed by atoms with E-state index in [0.29, 0.717) is 18.3 Å². The molecule has 2 N–H and O–H groups in total. The summed E-state index contributed by atoms with van der Waals surface area (Å²) in [4.78, 5) is 7.44. The van der Waals surface area contributed by atoms with E-state index in [1.807, 2.05) is 5.32 Å². The zero-order valence-corrected chi connectivity index (χ0v) is 14.9. The molecule has 2 aromatic heterocycles. The van der Waals surface area contributed by atoms with Gasteiger partial charge in [0.05, 0.1) is 36.0 Å². The van der Waals surface area contributed by atoms with Crippen molar-refractivity contribution in [3.8, 4) is 6.07 Å². The Labute approximate surface area is 161 Å². The van der Waals surface area contributed by atoms with E-state index in [4.69, 9.17) is 5.26 Å². The van der Waals surface area contributed by atoms with Gasteiger partial charge in [-0.25, -0.2) is 13.8 Å². The molecule has 154 valence electrons. The number of nitriles is 1. The lowest BCUT2D eigenvalue weighted by atomic mass is 10.2. The van der Waals surface area contributed by atoms with Crippen LogP contribution in [0.3, 0.4) is 0 Å². The molecule has 0 spiro atoms. The number of alkyl halides is 5. The third-order valence-corrected chi connectivity index (χ3v) is 4.75. The Bertz CT molecular complexity index is 945. The Morgan fingerprint density at radius 1 is 1.31 bits per heavy atom. The number of hydrogen-bond acceptors (Lipinski definition) is 6. The van der Waals surface area contributed by atoms with E-state index < -0.39 is 30.5 Å². The summed E-state index contributed by atoms with van der Waals surface area (Å²) in [7, 11) is 0. The summed E-state index contributed by atoms with van der Waals surface area (Å²) in [6.45, 7) is -0.970. The first-order valence-electron chi connectivity index (χ1n) is 8.98. The molecule has 2 aliphatic carbocycles. The summed E-state index contributed by atoms with van der Waals surface area (Å²) in [5.74, 6) is -0.766. The van der Waals surface area contributed by atoms with Crippen LogP contribution >= 0.6 is 0 Å². The van der Waals surface area contributed by atoms with Crippen LogP contribution in [0.25, 0.3) is 0 Å². The molecule has 1 unspecified atom stereocenters. The highest BCUT2D eigenvalue weighted by molar-refractivity contribution is 5.59. The SMILES string of the molecule is N#C[C@@H]1CC1n1cc(Nc2ncc(C(F)(F)F)c(NCC(F)F)n2)c(C2CC2)n1. The van der Waals surface area contributed by atoms with Crippen molar-refractivity contribution in [1.29, 1.82) is 5.26 Å². The van der Waals surface area contributed by atoms with Crippen LogP contribution in [0.5, 0.6) is 0 Å². The van der Waals surface area contributed by atoms with Crippen LogP contribution in [0, 0.1) is 17.2 Å². The molecule has 2 heterocycles. The smallest absolute Gasteiger partial charge is 0.364 e. The predicted octanol–water partition coefficient (Wildman–Crippen LogP) is 4.07. The van der Waals surface area contributed by atoms with Crippen molar-refractivity contribution < 1.29 is 22.0 Å². The lowest BCUT2D eigenvalue weighted by Gasteiger charge is -2.14. The van der Waals surface area contributed by atoms with Gasteiger partial charge < -0.3 is 10.6 Å². The molecule has 0 amide bonds. The predicted molar refractivity (Wildman–Crippen MR) is 91.8 cm³/mol. The van der Waals surface area contributed by atoms with E-state index in [1.54, 1.807) is 10.9 Å². The minimum Gasteiger partial charge on any atom is -0.364 e. The van der Waals surface area contributed by atoms with Crippen molar-refractivity contribution in [3.05, 3.63) is 23.7 Å². The molecular formula is C17H16F5N7. The van der Waals surface area contributed by atoms with Gasteiger partial charge in [-0.2, -0.15) is 28.5 Å². The van der Waals surface area contributed by atoms with Gasteiger partial charge in [-0.1, -0.05) is 0 Å². The molecule has 2 fully saturated rings. The van der Waals surface area contributed by atoms with Gasteiger partial charge in [-0.3, -0.25) is 4.68 Å². The Kier molecular flexibility index (Phi) is 4.76. The molecular weight excluding hydrogens is 397 g/mol. The molecule has 4 rings (SSSR count). The summed E-state index contributed by atoms with van der Waals surface area (Å²) in [6.07, 6.45) is -2.82. The standard InChI is InChI=1S/C17H16F5N7/c18-13(19)6-24-15-10(17(20,21)22)5-25-16(27-15)26-11-7-29(12-3-9(12)4-23)28-14(11)8-1-2-8/h5,7-9,12-13H,1-3,6H2,(H2,24,25,26,27)/t9-,12?/m0/s1. The second kappa shape index (κ2) is 7.13. The number of aromatic nitrogens is 4. The molecule has 0 aliphatic heterocycles. The number of nitrogens with zero attached hydrogens (tertiary/aromatic N) is 5.